The molecule has 0 radical (unpaired) electrons. The lowest BCUT2D eigenvalue weighted by Gasteiger charge is -2.05. The Kier molecular flexibility index (Phi) is 4.84. The molecular formula is C6H11O5S-. The van der Waals surface area contributed by atoms with Crippen LogP contribution in [0.2, 0.25) is 0 Å². The maximum atomic E-state index is 10.2. The third kappa shape index (κ3) is 9.38. The van der Waals surface area contributed by atoms with Crippen molar-refractivity contribution in [1.29, 1.82) is 0 Å². The second-order valence-corrected chi connectivity index (χ2v) is 3.83. The Bertz CT molecular complexity index is 230. The zero-order valence-electron chi connectivity index (χ0n) is 6.78. The summed E-state index contributed by atoms with van der Waals surface area (Å²) >= 11 is 0. The van der Waals surface area contributed by atoms with Gasteiger partial charge in [-0.25, -0.2) is 8.42 Å². The molecule has 72 valence electrons. The van der Waals surface area contributed by atoms with Crippen LogP contribution in [0.5, 0.6) is 0 Å². The second kappa shape index (κ2) is 5.10. The number of carbonyl (C=O) groups excluding carboxylic acids is 1. The minimum absolute atomic E-state index is 0.171. The highest BCUT2D eigenvalue weighted by Gasteiger charge is 1.96. The number of esters is 1. The monoisotopic (exact) mass is 195 g/mol. The predicted octanol–water partition coefficient (Wildman–Crippen LogP) is -0.125. The van der Waals surface area contributed by atoms with Crippen molar-refractivity contribution in [2.75, 3.05) is 12.4 Å². The molecule has 0 unspecified atom stereocenters. The van der Waals surface area contributed by atoms with E-state index in [0.717, 1.165) is 0 Å². The summed E-state index contributed by atoms with van der Waals surface area (Å²) in [5, 5.41) is 0. The molecule has 0 atom stereocenters. The van der Waals surface area contributed by atoms with Gasteiger partial charge in [0, 0.05) is 12.7 Å². The summed E-state index contributed by atoms with van der Waals surface area (Å²) in [7, 11) is -4.12. The van der Waals surface area contributed by atoms with Crippen LogP contribution >= 0.6 is 0 Å². The summed E-state index contributed by atoms with van der Waals surface area (Å²) in [5.41, 5.74) is 0. The fraction of sp³-hybridized carbons (Fsp3) is 0.833. The third-order valence-corrected chi connectivity index (χ3v) is 1.88. The van der Waals surface area contributed by atoms with Crippen LogP contribution < -0.4 is 0 Å². The Hall–Kier alpha value is -0.620. The molecule has 0 saturated carbocycles. The molecule has 0 N–H and O–H groups in total. The molecule has 0 aliphatic rings. The molecule has 0 fully saturated rings. The molecule has 12 heavy (non-hydrogen) atoms. The largest absolute Gasteiger partial charge is 0.748 e. The third-order valence-electron chi connectivity index (χ3n) is 1.09. The highest BCUT2D eigenvalue weighted by Crippen LogP contribution is 1.94. The average molecular weight is 195 g/mol. The van der Waals surface area contributed by atoms with Crippen LogP contribution in [0.25, 0.3) is 0 Å². The van der Waals surface area contributed by atoms with Crippen LogP contribution in [0.1, 0.15) is 19.8 Å². The number of carbonyl (C=O) groups is 1. The van der Waals surface area contributed by atoms with Gasteiger partial charge in [-0.2, -0.15) is 0 Å². The van der Waals surface area contributed by atoms with E-state index in [1.54, 1.807) is 0 Å². The van der Waals surface area contributed by atoms with Crippen LogP contribution in [0, 0.1) is 0 Å². The molecule has 0 aliphatic carbocycles. The molecule has 0 heterocycles. The average Bonchev–Trinajstić information content (AvgIpc) is 1.83. The molecule has 0 bridgehead atoms. The van der Waals surface area contributed by atoms with Crippen LogP contribution in [-0.2, 0) is 19.6 Å². The number of rotatable bonds is 5. The van der Waals surface area contributed by atoms with E-state index in [2.05, 4.69) is 4.74 Å². The van der Waals surface area contributed by atoms with Gasteiger partial charge >= 0.3 is 5.97 Å². The van der Waals surface area contributed by atoms with E-state index in [1.165, 1.54) is 6.92 Å². The molecule has 0 amide bonds. The van der Waals surface area contributed by atoms with Gasteiger partial charge < -0.3 is 9.29 Å². The molecule has 0 aromatic rings. The fourth-order valence-electron chi connectivity index (χ4n) is 0.597. The van der Waals surface area contributed by atoms with Gasteiger partial charge in [0.1, 0.15) is 0 Å². The first-order chi connectivity index (χ1) is 5.42. The Morgan fingerprint density at radius 3 is 2.42 bits per heavy atom. The molecular weight excluding hydrogens is 184 g/mol. The molecule has 0 aromatic heterocycles. The number of ether oxygens (including phenoxy) is 1. The van der Waals surface area contributed by atoms with E-state index < -0.39 is 21.8 Å². The lowest BCUT2D eigenvalue weighted by atomic mass is 10.4. The number of hydrogen-bond donors (Lipinski definition) is 0. The van der Waals surface area contributed by atoms with Gasteiger partial charge in [0.25, 0.3) is 0 Å². The molecule has 6 heteroatoms. The Labute approximate surface area is 71.5 Å². The first-order valence-electron chi connectivity index (χ1n) is 3.49. The molecule has 0 aromatic carbocycles. The fourth-order valence-corrected chi connectivity index (χ4v) is 1.15. The topological polar surface area (TPSA) is 83.5 Å². The van der Waals surface area contributed by atoms with Gasteiger partial charge in [0.2, 0.25) is 0 Å². The molecule has 5 nitrogen and oxygen atoms in total. The maximum Gasteiger partial charge on any atom is 0.302 e. The van der Waals surface area contributed by atoms with Crippen molar-refractivity contribution in [1.82, 2.24) is 0 Å². The first kappa shape index (κ1) is 11.4. The predicted molar refractivity (Wildman–Crippen MR) is 40.4 cm³/mol. The summed E-state index contributed by atoms with van der Waals surface area (Å²) in [6.45, 7) is 1.44. The van der Waals surface area contributed by atoms with Crippen molar-refractivity contribution in [2.45, 2.75) is 19.8 Å². The van der Waals surface area contributed by atoms with E-state index in [1.807, 2.05) is 0 Å². The van der Waals surface area contributed by atoms with Crippen molar-refractivity contribution < 1.29 is 22.5 Å². The lowest BCUT2D eigenvalue weighted by molar-refractivity contribution is -0.141. The van der Waals surface area contributed by atoms with Crippen LogP contribution in [0.15, 0.2) is 0 Å². The zero-order valence-corrected chi connectivity index (χ0v) is 7.59. The van der Waals surface area contributed by atoms with Crippen molar-refractivity contribution in [3.8, 4) is 0 Å². The highest BCUT2D eigenvalue weighted by molar-refractivity contribution is 7.85. The maximum absolute atomic E-state index is 10.2. The summed E-state index contributed by atoms with van der Waals surface area (Å²) in [6, 6.07) is 0. The summed E-state index contributed by atoms with van der Waals surface area (Å²) in [4.78, 5) is 10.2. The van der Waals surface area contributed by atoms with E-state index in [0.29, 0.717) is 6.42 Å². The van der Waals surface area contributed by atoms with Crippen molar-refractivity contribution in [3.05, 3.63) is 0 Å². The van der Waals surface area contributed by atoms with Gasteiger partial charge in [-0.3, -0.25) is 4.79 Å². The molecule has 0 saturated heterocycles. The van der Waals surface area contributed by atoms with E-state index in [-0.39, 0.29) is 13.0 Å². The quantitative estimate of drug-likeness (QED) is 0.347. The van der Waals surface area contributed by atoms with Gasteiger partial charge in [0.05, 0.1) is 16.7 Å². The van der Waals surface area contributed by atoms with Gasteiger partial charge in [0.15, 0.2) is 0 Å². The minimum Gasteiger partial charge on any atom is -0.748 e. The van der Waals surface area contributed by atoms with Gasteiger partial charge in [-0.05, 0) is 12.8 Å². The normalized spacial score (nSPS) is 11.2. The minimum atomic E-state index is -4.12. The highest BCUT2D eigenvalue weighted by atomic mass is 32.2. The first-order valence-corrected chi connectivity index (χ1v) is 5.06. The van der Waals surface area contributed by atoms with Crippen LogP contribution in [-0.4, -0.2) is 31.3 Å². The number of hydrogen-bond acceptors (Lipinski definition) is 5. The molecule has 0 aliphatic heterocycles. The van der Waals surface area contributed by atoms with E-state index >= 15 is 0 Å². The SMILES string of the molecule is CC(=O)OCCCCS(=O)(=O)[O-]. The summed E-state index contributed by atoms with van der Waals surface area (Å²) < 4.78 is 34.7. The molecule has 0 rings (SSSR count). The van der Waals surface area contributed by atoms with Gasteiger partial charge in [-0.15, -0.1) is 0 Å². The second-order valence-electron chi connectivity index (χ2n) is 2.31. The smallest absolute Gasteiger partial charge is 0.302 e. The van der Waals surface area contributed by atoms with Crippen LogP contribution in [0.3, 0.4) is 0 Å². The summed E-state index contributed by atoms with van der Waals surface area (Å²) in [6.07, 6.45) is 0.639. The Balaban J connectivity index is 3.29. The molecule has 0 spiro atoms. The van der Waals surface area contributed by atoms with Crippen molar-refractivity contribution in [2.24, 2.45) is 0 Å². The Morgan fingerprint density at radius 2 is 2.00 bits per heavy atom. The summed E-state index contributed by atoms with van der Waals surface area (Å²) in [5.74, 6) is -0.797. The van der Waals surface area contributed by atoms with Crippen molar-refractivity contribution in [3.63, 3.8) is 0 Å². The van der Waals surface area contributed by atoms with Crippen molar-refractivity contribution >= 4 is 16.1 Å². The van der Waals surface area contributed by atoms with E-state index in [4.69, 9.17) is 0 Å². The Morgan fingerprint density at radius 1 is 1.42 bits per heavy atom. The van der Waals surface area contributed by atoms with Crippen LogP contribution in [0.4, 0.5) is 0 Å². The zero-order chi connectivity index (χ0) is 9.61. The van der Waals surface area contributed by atoms with Gasteiger partial charge in [-0.1, -0.05) is 0 Å². The standard InChI is InChI=1S/C6H12O5S/c1-6(7)11-4-2-3-5-12(8,9)10/h2-5H2,1H3,(H,8,9,10)/p-1. The van der Waals surface area contributed by atoms with E-state index in [9.17, 15) is 17.8 Å². The lowest BCUT2D eigenvalue weighted by Crippen LogP contribution is -2.06. The number of unbranched alkanes of at least 4 members (excludes halogenated alkanes) is 1.